The molecule has 16 heteroatoms. The number of carbonyl (C=O) groups is 4. The van der Waals surface area contributed by atoms with Gasteiger partial charge in [-0.05, 0) is 56.5 Å². The fraction of sp³-hybridized carbons (Fsp3) is 0.455. The third-order valence-electron chi connectivity index (χ3n) is 8.65. The average molecular weight is 699 g/mol. The van der Waals surface area contributed by atoms with Crippen molar-refractivity contribution >= 4 is 35.4 Å². The minimum Gasteiger partial charge on any atom is -0.480 e. The molecule has 0 radical (unpaired) electrons. The number of fused-ring (bicyclic) bond motifs is 1. The molecule has 13 nitrogen and oxygen atoms in total. The van der Waals surface area contributed by atoms with Gasteiger partial charge in [-0.3, -0.25) is 14.4 Å². The summed E-state index contributed by atoms with van der Waals surface area (Å²) in [5.74, 6) is -4.10. The number of carbonyl (C=O) groups excluding carboxylic acids is 4. The average Bonchev–Trinajstić information content (AvgIpc) is 3.80. The van der Waals surface area contributed by atoms with Crippen molar-refractivity contribution in [2.24, 2.45) is 11.5 Å². The number of aromatic nitrogens is 3. The van der Waals surface area contributed by atoms with Gasteiger partial charge in [-0.2, -0.15) is 11.8 Å². The van der Waals surface area contributed by atoms with Gasteiger partial charge in [0.05, 0.1) is 30.5 Å². The number of hydrogen-bond donors (Lipinski definition) is 5. The Morgan fingerprint density at radius 3 is 2.61 bits per heavy atom. The molecule has 0 spiro atoms. The fourth-order valence-corrected chi connectivity index (χ4v) is 7.75. The first kappa shape index (κ1) is 35.7. The van der Waals surface area contributed by atoms with Gasteiger partial charge in [0.15, 0.2) is 23.2 Å². The number of Topliss-reactive ketones (excluding diaryl/α,β-unsaturated/α-hetero) is 1. The second-order valence-corrected chi connectivity index (χ2v) is 13.3. The van der Waals surface area contributed by atoms with E-state index in [4.69, 9.17) is 16.2 Å². The molecule has 4 amide bonds. The summed E-state index contributed by atoms with van der Waals surface area (Å²) in [5, 5.41) is 17.5. The third-order valence-corrected chi connectivity index (χ3v) is 10.2. The Morgan fingerprint density at radius 2 is 1.86 bits per heavy atom. The Balaban J connectivity index is 1.24. The van der Waals surface area contributed by atoms with Gasteiger partial charge in [0, 0.05) is 34.5 Å². The molecule has 0 aliphatic carbocycles. The maximum atomic E-state index is 14.2. The van der Waals surface area contributed by atoms with E-state index in [1.165, 1.54) is 16.8 Å². The summed E-state index contributed by atoms with van der Waals surface area (Å²) in [5.41, 5.74) is 12.6. The first-order valence-corrected chi connectivity index (χ1v) is 17.3. The number of benzene rings is 2. The molecule has 0 unspecified atom stereocenters. The lowest BCUT2D eigenvalue weighted by Crippen LogP contribution is -2.36. The molecule has 2 aliphatic rings. The number of ketones is 1. The summed E-state index contributed by atoms with van der Waals surface area (Å²) in [6.07, 6.45) is 5.72. The van der Waals surface area contributed by atoms with Gasteiger partial charge in [-0.25, -0.2) is 18.3 Å². The van der Waals surface area contributed by atoms with Gasteiger partial charge in [-0.1, -0.05) is 30.2 Å². The molecule has 7 N–H and O–H groups in total. The van der Waals surface area contributed by atoms with E-state index in [1.54, 1.807) is 18.3 Å². The smallest absolute Gasteiger partial charge is 0.315 e. The van der Waals surface area contributed by atoms with E-state index < -0.39 is 41.6 Å². The largest absolute Gasteiger partial charge is 0.480 e. The number of nitrogens with zero attached hydrogens (tertiary/aromatic N) is 3. The molecule has 4 atom stereocenters. The predicted molar refractivity (Wildman–Crippen MR) is 178 cm³/mol. The van der Waals surface area contributed by atoms with Crippen LogP contribution in [-0.4, -0.2) is 74.9 Å². The summed E-state index contributed by atoms with van der Waals surface area (Å²) < 4.78 is 35.1. The number of nitrogens with two attached hydrogens (primary N) is 2. The van der Waals surface area contributed by atoms with Gasteiger partial charge < -0.3 is 32.2 Å². The van der Waals surface area contributed by atoms with Crippen LogP contribution in [0.2, 0.25) is 0 Å². The zero-order valence-electron chi connectivity index (χ0n) is 26.8. The standard InChI is InChI=1S/C33H40F2N8O5S/c34-22-9-6-10-23(35)31(22)48-17-26(44)20(7-3-4-14-36)29-21(32(37)46)8-5-11-25(29)43-16-19(41-42-43)15-38-28(45)13-2-1-12-27-30-24(18-49-27)39-33(47)40-30/h5-6,8-11,16,20,24,27,30H,1-4,7,12-15,17-18,36H2,(H2,37,46)(H,38,45)(H2,39,40,47)/t20-,24+,27+,30+/m1/s1. The number of nitrogens with one attached hydrogen (secondary N) is 3. The minimum absolute atomic E-state index is 0.0733. The topological polar surface area (TPSA) is 196 Å². The Morgan fingerprint density at radius 1 is 1.08 bits per heavy atom. The highest BCUT2D eigenvalue weighted by Gasteiger charge is 2.42. The van der Waals surface area contributed by atoms with Crippen molar-refractivity contribution in [1.29, 1.82) is 0 Å². The Bertz CT molecular complexity index is 1650. The van der Waals surface area contributed by atoms with Crippen LogP contribution in [0.15, 0.2) is 42.6 Å². The molecule has 2 saturated heterocycles. The number of para-hydroxylation sites is 1. The molecule has 3 heterocycles. The highest BCUT2D eigenvalue weighted by atomic mass is 32.2. The second-order valence-electron chi connectivity index (χ2n) is 12.0. The van der Waals surface area contributed by atoms with Crippen LogP contribution in [0, 0.1) is 11.6 Å². The molecule has 1 aromatic heterocycles. The maximum absolute atomic E-state index is 14.2. The summed E-state index contributed by atoms with van der Waals surface area (Å²) >= 11 is 1.84. The van der Waals surface area contributed by atoms with Crippen molar-refractivity contribution in [2.75, 3.05) is 18.9 Å². The van der Waals surface area contributed by atoms with Crippen LogP contribution in [-0.2, 0) is 16.1 Å². The van der Waals surface area contributed by atoms with Crippen molar-refractivity contribution in [3.8, 4) is 11.4 Å². The summed E-state index contributed by atoms with van der Waals surface area (Å²) in [4.78, 5) is 50.4. The number of amides is 4. The molecular formula is C33H40F2N8O5S. The minimum atomic E-state index is -0.956. The lowest BCUT2D eigenvalue weighted by Gasteiger charge is -2.22. The zero-order valence-corrected chi connectivity index (χ0v) is 27.6. The van der Waals surface area contributed by atoms with Crippen LogP contribution in [0.4, 0.5) is 13.6 Å². The molecule has 3 aromatic rings. The van der Waals surface area contributed by atoms with Crippen LogP contribution in [0.3, 0.4) is 0 Å². The van der Waals surface area contributed by atoms with E-state index in [0.717, 1.165) is 30.7 Å². The Labute approximate surface area is 286 Å². The number of urea groups is 1. The zero-order chi connectivity index (χ0) is 34.9. The maximum Gasteiger partial charge on any atom is 0.315 e. The lowest BCUT2D eigenvalue weighted by atomic mass is 9.85. The Hall–Kier alpha value is -4.57. The van der Waals surface area contributed by atoms with Crippen LogP contribution in [0.5, 0.6) is 5.75 Å². The lowest BCUT2D eigenvalue weighted by molar-refractivity contribution is -0.123. The SMILES string of the molecule is NCCCC[C@H](C(=O)COc1c(F)cccc1F)c1c(C(N)=O)cccc1-n1cc(CNC(=O)CCCC[C@@H]2SC[C@@H]3NC(=O)N[C@@H]32)nn1. The third kappa shape index (κ3) is 8.92. The summed E-state index contributed by atoms with van der Waals surface area (Å²) in [7, 11) is 0. The van der Waals surface area contributed by atoms with Gasteiger partial charge in [0.1, 0.15) is 12.3 Å². The Kier molecular flexibility index (Phi) is 12.2. The first-order chi connectivity index (χ1) is 23.7. The molecule has 0 bridgehead atoms. The second kappa shape index (κ2) is 16.7. The monoisotopic (exact) mass is 698 g/mol. The van der Waals surface area contributed by atoms with E-state index in [0.29, 0.717) is 48.9 Å². The summed E-state index contributed by atoms with van der Waals surface area (Å²) in [6.45, 7) is -0.191. The van der Waals surface area contributed by atoms with Crippen LogP contribution in [0.1, 0.15) is 72.5 Å². The van der Waals surface area contributed by atoms with E-state index in [2.05, 4.69) is 26.3 Å². The van der Waals surface area contributed by atoms with Crippen molar-refractivity contribution in [3.63, 3.8) is 0 Å². The number of primary amides is 1. The number of thioether (sulfide) groups is 1. The molecule has 2 aromatic carbocycles. The number of halogens is 2. The molecule has 5 rings (SSSR count). The van der Waals surface area contributed by atoms with Crippen molar-refractivity contribution < 1.29 is 32.7 Å². The molecule has 262 valence electrons. The van der Waals surface area contributed by atoms with Gasteiger partial charge in [0.2, 0.25) is 11.8 Å². The molecule has 2 aliphatic heterocycles. The van der Waals surface area contributed by atoms with Gasteiger partial charge >= 0.3 is 6.03 Å². The molecule has 0 saturated carbocycles. The van der Waals surface area contributed by atoms with Gasteiger partial charge in [-0.15, -0.1) is 5.10 Å². The fourth-order valence-electron chi connectivity index (χ4n) is 6.21. The molecular weight excluding hydrogens is 658 g/mol. The first-order valence-electron chi connectivity index (χ1n) is 16.3. The normalized spacial score (nSPS) is 18.8. The highest BCUT2D eigenvalue weighted by Crippen LogP contribution is 2.34. The van der Waals surface area contributed by atoms with Crippen LogP contribution < -0.4 is 32.2 Å². The molecule has 2 fully saturated rings. The predicted octanol–water partition coefficient (Wildman–Crippen LogP) is 2.85. The summed E-state index contributed by atoms with van der Waals surface area (Å²) in [6, 6.07) is 8.15. The van der Waals surface area contributed by atoms with E-state index in [1.807, 2.05) is 11.8 Å². The number of unbranched alkanes of at least 4 members (excludes halogenated alkanes) is 2. The van der Waals surface area contributed by atoms with Crippen molar-refractivity contribution in [3.05, 3.63) is 71.1 Å². The van der Waals surface area contributed by atoms with Gasteiger partial charge in [0.25, 0.3) is 0 Å². The van der Waals surface area contributed by atoms with E-state index >= 15 is 0 Å². The van der Waals surface area contributed by atoms with E-state index in [9.17, 15) is 28.0 Å². The molecule has 49 heavy (non-hydrogen) atoms. The van der Waals surface area contributed by atoms with Crippen molar-refractivity contribution in [2.45, 2.75) is 74.7 Å². The number of rotatable bonds is 18. The number of ether oxygens (including phenoxy) is 1. The van der Waals surface area contributed by atoms with Crippen LogP contribution in [0.25, 0.3) is 5.69 Å². The highest BCUT2D eigenvalue weighted by molar-refractivity contribution is 8.00. The van der Waals surface area contributed by atoms with E-state index in [-0.39, 0.29) is 48.1 Å². The van der Waals surface area contributed by atoms with Crippen molar-refractivity contribution in [1.82, 2.24) is 30.9 Å². The number of hydrogen-bond acceptors (Lipinski definition) is 9. The quantitative estimate of drug-likeness (QED) is 0.0980. The van der Waals surface area contributed by atoms with Crippen LogP contribution >= 0.6 is 11.8 Å².